The van der Waals surface area contributed by atoms with Crippen molar-refractivity contribution in [3.63, 3.8) is 0 Å². The second-order valence-corrected chi connectivity index (χ2v) is 8.88. The zero-order chi connectivity index (χ0) is 16.5. The van der Waals surface area contributed by atoms with Crippen LogP contribution in [0.3, 0.4) is 0 Å². The van der Waals surface area contributed by atoms with Crippen molar-refractivity contribution in [3.05, 3.63) is 48.0 Å². The molecule has 0 aliphatic heterocycles. The summed E-state index contributed by atoms with van der Waals surface area (Å²) in [5.74, 6) is 0.360. The fraction of sp³-hybridized carbons (Fsp3) is 0.474. The van der Waals surface area contributed by atoms with Crippen LogP contribution in [0.5, 0.6) is 0 Å². The Morgan fingerprint density at radius 2 is 1.83 bits per heavy atom. The van der Waals surface area contributed by atoms with E-state index in [1.54, 1.807) is 0 Å². The summed E-state index contributed by atoms with van der Waals surface area (Å²) in [6.07, 6.45) is 4.23. The van der Waals surface area contributed by atoms with Gasteiger partial charge in [-0.2, -0.15) is 0 Å². The van der Waals surface area contributed by atoms with Gasteiger partial charge in [-0.05, 0) is 35.1 Å². The highest BCUT2D eigenvalue weighted by atomic mass is 31.2. The molecule has 1 saturated carbocycles. The number of rotatable bonds is 7. The van der Waals surface area contributed by atoms with E-state index in [0.717, 1.165) is 36.6 Å². The van der Waals surface area contributed by atoms with Crippen LogP contribution in [0.2, 0.25) is 0 Å². The first-order valence-electron chi connectivity index (χ1n) is 8.33. The van der Waals surface area contributed by atoms with E-state index in [9.17, 15) is 4.57 Å². The Balaban J connectivity index is 2.15. The molecule has 0 heterocycles. The molecule has 0 N–H and O–H groups in total. The van der Waals surface area contributed by atoms with Crippen LogP contribution in [-0.2, 0) is 18.8 Å². The highest BCUT2D eigenvalue weighted by Gasteiger charge is 2.68. The molecular weight excluding hydrogens is 307 g/mol. The van der Waals surface area contributed by atoms with E-state index in [0.29, 0.717) is 5.92 Å². The maximum Gasteiger partial charge on any atom is 0.340 e. The molecule has 23 heavy (non-hydrogen) atoms. The van der Waals surface area contributed by atoms with Gasteiger partial charge in [0.2, 0.25) is 0 Å². The van der Waals surface area contributed by atoms with Gasteiger partial charge in [0.25, 0.3) is 0 Å². The summed E-state index contributed by atoms with van der Waals surface area (Å²) in [5.41, 5.74) is 1.11. The summed E-state index contributed by atoms with van der Waals surface area (Å²) >= 11 is 0. The van der Waals surface area contributed by atoms with Gasteiger partial charge in [0.05, 0.1) is 0 Å². The lowest BCUT2D eigenvalue weighted by molar-refractivity contribution is 0.259. The molecular formula is C19H25O3P. The smallest absolute Gasteiger partial charge is 0.311 e. The number of benzene rings is 2. The highest BCUT2D eigenvalue weighted by molar-refractivity contribution is 7.55. The normalized spacial score (nSPS) is 24.0. The quantitative estimate of drug-likeness (QED) is 0.607. The molecule has 0 radical (unpaired) electrons. The van der Waals surface area contributed by atoms with Gasteiger partial charge in [-0.3, -0.25) is 4.57 Å². The summed E-state index contributed by atoms with van der Waals surface area (Å²) in [5, 5.41) is 1.83. The van der Waals surface area contributed by atoms with Crippen molar-refractivity contribution >= 4 is 18.4 Å². The molecule has 0 bridgehead atoms. The minimum atomic E-state index is -3.20. The van der Waals surface area contributed by atoms with E-state index in [4.69, 9.17) is 9.05 Å². The Labute approximate surface area is 138 Å². The molecule has 0 spiro atoms. The molecule has 2 aromatic rings. The van der Waals surface area contributed by atoms with Gasteiger partial charge < -0.3 is 9.05 Å². The van der Waals surface area contributed by atoms with Crippen LogP contribution in [0.15, 0.2) is 42.5 Å². The van der Waals surface area contributed by atoms with Crippen LogP contribution in [0.25, 0.3) is 10.8 Å². The Hall–Kier alpha value is -1.15. The van der Waals surface area contributed by atoms with E-state index < -0.39 is 12.8 Å². The lowest BCUT2D eigenvalue weighted by Gasteiger charge is -2.27. The van der Waals surface area contributed by atoms with E-state index in [1.165, 1.54) is 19.6 Å². The molecule has 2 aromatic carbocycles. The van der Waals surface area contributed by atoms with Crippen molar-refractivity contribution in [1.29, 1.82) is 0 Å². The Bertz CT molecular complexity index is 729. The summed E-state index contributed by atoms with van der Waals surface area (Å²) in [4.78, 5) is 0. The predicted molar refractivity (Wildman–Crippen MR) is 94.9 cm³/mol. The first-order valence-corrected chi connectivity index (χ1v) is 9.87. The monoisotopic (exact) mass is 332 g/mol. The number of unbranched alkanes of at least 4 members (excludes halogenated alkanes) is 1. The maximum absolute atomic E-state index is 13.4. The Morgan fingerprint density at radius 3 is 2.52 bits per heavy atom. The van der Waals surface area contributed by atoms with Gasteiger partial charge in [0, 0.05) is 14.2 Å². The largest absolute Gasteiger partial charge is 0.340 e. The van der Waals surface area contributed by atoms with Crippen LogP contribution in [-0.4, -0.2) is 14.2 Å². The average Bonchev–Trinajstić information content (AvgIpc) is 3.34. The van der Waals surface area contributed by atoms with Gasteiger partial charge in [0.15, 0.2) is 0 Å². The van der Waals surface area contributed by atoms with Crippen molar-refractivity contribution in [1.82, 2.24) is 0 Å². The van der Waals surface area contributed by atoms with Crippen molar-refractivity contribution in [3.8, 4) is 0 Å². The second kappa shape index (κ2) is 6.39. The zero-order valence-electron chi connectivity index (χ0n) is 14.1. The first-order chi connectivity index (χ1) is 11.1. The first kappa shape index (κ1) is 16.7. The van der Waals surface area contributed by atoms with Crippen LogP contribution in [0.1, 0.15) is 38.2 Å². The molecule has 1 aliphatic carbocycles. The fourth-order valence-corrected chi connectivity index (χ4v) is 6.24. The van der Waals surface area contributed by atoms with Crippen molar-refractivity contribution in [2.24, 2.45) is 5.92 Å². The molecule has 3 nitrogen and oxygen atoms in total. The van der Waals surface area contributed by atoms with Crippen LogP contribution >= 0.6 is 7.60 Å². The molecule has 4 heteroatoms. The third-order valence-corrected chi connectivity index (χ3v) is 7.93. The molecule has 3 rings (SSSR count). The summed E-state index contributed by atoms with van der Waals surface area (Å²) < 4.78 is 24.3. The van der Waals surface area contributed by atoms with Gasteiger partial charge in [-0.1, -0.05) is 62.2 Å². The third kappa shape index (κ3) is 2.55. The molecule has 2 atom stereocenters. The van der Waals surface area contributed by atoms with Gasteiger partial charge in [0.1, 0.15) is 5.16 Å². The Morgan fingerprint density at radius 1 is 1.13 bits per heavy atom. The van der Waals surface area contributed by atoms with Crippen LogP contribution < -0.4 is 0 Å². The zero-order valence-corrected chi connectivity index (χ0v) is 15.0. The predicted octanol–water partition coefficient (Wildman–Crippen LogP) is 5.73. The van der Waals surface area contributed by atoms with Crippen molar-refractivity contribution in [2.45, 2.75) is 37.8 Å². The topological polar surface area (TPSA) is 35.5 Å². The molecule has 1 fully saturated rings. The van der Waals surface area contributed by atoms with E-state index >= 15 is 0 Å². The fourth-order valence-electron chi connectivity index (χ4n) is 3.92. The van der Waals surface area contributed by atoms with Crippen LogP contribution in [0.4, 0.5) is 0 Å². The lowest BCUT2D eigenvalue weighted by atomic mass is 9.98. The van der Waals surface area contributed by atoms with E-state index in [2.05, 4.69) is 31.2 Å². The van der Waals surface area contributed by atoms with Crippen LogP contribution in [0, 0.1) is 5.92 Å². The Kier molecular flexibility index (Phi) is 4.64. The SMILES string of the molecule is CCCC[C@H]1C[C@]1(c1cccc2ccccc12)P(=O)(OC)OC. The van der Waals surface area contributed by atoms with Gasteiger partial charge in [-0.25, -0.2) is 0 Å². The highest BCUT2D eigenvalue weighted by Crippen LogP contribution is 2.80. The number of fused-ring (bicyclic) bond motifs is 1. The molecule has 0 saturated heterocycles. The number of hydrogen-bond donors (Lipinski definition) is 0. The lowest BCUT2D eigenvalue weighted by Crippen LogP contribution is -2.14. The van der Waals surface area contributed by atoms with E-state index in [1.807, 2.05) is 18.2 Å². The van der Waals surface area contributed by atoms with Gasteiger partial charge in [-0.15, -0.1) is 0 Å². The second-order valence-electron chi connectivity index (χ2n) is 6.36. The third-order valence-electron chi connectivity index (χ3n) is 5.20. The molecule has 124 valence electrons. The minimum absolute atomic E-state index is 0.360. The standard InChI is InChI=1S/C19H25O3P/c1-4-5-11-16-14-19(16,23(20,21-2)22-3)18-13-8-10-15-9-6-7-12-17(15)18/h6-10,12-13,16H,4-5,11,14H2,1-3H3/t16-,19-/m0/s1. The average molecular weight is 332 g/mol. The summed E-state index contributed by atoms with van der Waals surface area (Å²) in [6, 6.07) is 14.5. The van der Waals surface area contributed by atoms with Crippen molar-refractivity contribution < 1.29 is 13.6 Å². The summed E-state index contributed by atoms with van der Waals surface area (Å²) in [6.45, 7) is 2.19. The number of hydrogen-bond acceptors (Lipinski definition) is 3. The molecule has 0 amide bonds. The summed E-state index contributed by atoms with van der Waals surface area (Å²) in [7, 11) is -0.183. The van der Waals surface area contributed by atoms with E-state index in [-0.39, 0.29) is 0 Å². The molecule has 0 unspecified atom stereocenters. The maximum atomic E-state index is 13.4. The van der Waals surface area contributed by atoms with Crippen molar-refractivity contribution in [2.75, 3.05) is 14.2 Å². The molecule has 0 aromatic heterocycles. The minimum Gasteiger partial charge on any atom is -0.311 e. The molecule has 1 aliphatic rings. The van der Waals surface area contributed by atoms with Gasteiger partial charge >= 0.3 is 7.60 Å².